The number of nitrogens with one attached hydrogen (secondary N) is 1. The number of rotatable bonds is 7. The van der Waals surface area contributed by atoms with Gasteiger partial charge in [0.15, 0.2) is 0 Å². The third-order valence-electron chi connectivity index (χ3n) is 3.90. The molecule has 0 amide bonds. The minimum Gasteiger partial charge on any atom is -0.385 e. The van der Waals surface area contributed by atoms with Crippen molar-refractivity contribution in [1.29, 1.82) is 0 Å². The lowest BCUT2D eigenvalue weighted by atomic mass is 9.92. The van der Waals surface area contributed by atoms with Crippen LogP contribution in [0.2, 0.25) is 0 Å². The third-order valence-corrected chi connectivity index (χ3v) is 3.90. The summed E-state index contributed by atoms with van der Waals surface area (Å²) >= 11 is 0. The molecule has 0 spiro atoms. The van der Waals surface area contributed by atoms with Crippen LogP contribution >= 0.6 is 0 Å². The van der Waals surface area contributed by atoms with Gasteiger partial charge in [0.05, 0.1) is 12.7 Å². The molecule has 0 saturated heterocycles. The van der Waals surface area contributed by atoms with Gasteiger partial charge in [-0.1, -0.05) is 24.3 Å². The molecular formula is C16H25NO2. The van der Waals surface area contributed by atoms with Gasteiger partial charge in [0.25, 0.3) is 0 Å². The van der Waals surface area contributed by atoms with Crippen molar-refractivity contribution in [2.45, 2.75) is 37.8 Å². The van der Waals surface area contributed by atoms with Crippen molar-refractivity contribution in [3.05, 3.63) is 35.4 Å². The van der Waals surface area contributed by atoms with Gasteiger partial charge >= 0.3 is 0 Å². The first kappa shape index (κ1) is 14.5. The predicted octanol–water partition coefficient (Wildman–Crippen LogP) is 2.71. The lowest BCUT2D eigenvalue weighted by Crippen LogP contribution is -2.30. The number of ether oxygens (including phenoxy) is 2. The van der Waals surface area contributed by atoms with E-state index in [-0.39, 0.29) is 6.10 Å². The van der Waals surface area contributed by atoms with Gasteiger partial charge < -0.3 is 14.8 Å². The topological polar surface area (TPSA) is 30.5 Å². The van der Waals surface area contributed by atoms with E-state index >= 15 is 0 Å². The normalized spacial score (nSPS) is 20.0. The Kier molecular flexibility index (Phi) is 5.83. The van der Waals surface area contributed by atoms with Gasteiger partial charge in [0.1, 0.15) is 0 Å². The van der Waals surface area contributed by atoms with Crippen LogP contribution in [0.1, 0.15) is 36.5 Å². The molecule has 1 aliphatic rings. The van der Waals surface area contributed by atoms with Crippen molar-refractivity contribution < 1.29 is 9.47 Å². The molecular weight excluding hydrogens is 238 g/mol. The Morgan fingerprint density at radius 3 is 3.05 bits per heavy atom. The van der Waals surface area contributed by atoms with Crippen LogP contribution in [0, 0.1) is 0 Å². The van der Waals surface area contributed by atoms with Crippen LogP contribution in [0.3, 0.4) is 0 Å². The monoisotopic (exact) mass is 263 g/mol. The summed E-state index contributed by atoms with van der Waals surface area (Å²) in [5, 5.41) is 3.40. The second-order valence-corrected chi connectivity index (χ2v) is 5.16. The zero-order valence-electron chi connectivity index (χ0n) is 12.0. The molecule has 2 atom stereocenters. The lowest BCUT2D eigenvalue weighted by molar-refractivity contribution is 0.0287. The van der Waals surface area contributed by atoms with E-state index in [1.165, 1.54) is 11.1 Å². The Bertz CT molecular complexity index is 381. The molecule has 0 aliphatic carbocycles. The molecule has 1 aliphatic heterocycles. The fourth-order valence-corrected chi connectivity index (χ4v) is 2.78. The molecule has 0 saturated carbocycles. The number of methoxy groups -OCH3 is 1. The maximum Gasteiger partial charge on any atom is 0.0842 e. The molecule has 2 unspecified atom stereocenters. The van der Waals surface area contributed by atoms with Crippen LogP contribution in [0.4, 0.5) is 0 Å². The van der Waals surface area contributed by atoms with Crippen LogP contribution in [0.5, 0.6) is 0 Å². The largest absolute Gasteiger partial charge is 0.385 e. The zero-order valence-corrected chi connectivity index (χ0v) is 12.0. The average Bonchev–Trinajstić information content (AvgIpc) is 2.46. The Balaban J connectivity index is 1.94. The minimum atomic E-state index is 0.241. The van der Waals surface area contributed by atoms with Crippen LogP contribution in [-0.4, -0.2) is 33.4 Å². The first-order valence-corrected chi connectivity index (χ1v) is 7.20. The van der Waals surface area contributed by atoms with Crippen LogP contribution in [0.15, 0.2) is 24.3 Å². The molecule has 3 nitrogen and oxygen atoms in total. The quantitative estimate of drug-likeness (QED) is 0.767. The van der Waals surface area contributed by atoms with Gasteiger partial charge in [-0.2, -0.15) is 0 Å². The zero-order chi connectivity index (χ0) is 13.5. The molecule has 106 valence electrons. The standard InChI is InChI=1S/C16H25NO2/c1-17-14(7-5-10-18-2)12-16-15-8-4-3-6-13(15)9-11-19-16/h3-4,6,8,14,16-17H,5,7,9-12H2,1-2H3. The molecule has 1 N–H and O–H groups in total. The summed E-state index contributed by atoms with van der Waals surface area (Å²) in [6.45, 7) is 1.68. The summed E-state index contributed by atoms with van der Waals surface area (Å²) in [6, 6.07) is 9.16. The lowest BCUT2D eigenvalue weighted by Gasteiger charge is -2.29. The first-order valence-electron chi connectivity index (χ1n) is 7.20. The summed E-state index contributed by atoms with van der Waals surface area (Å²) in [7, 11) is 3.79. The van der Waals surface area contributed by atoms with Crippen LogP contribution < -0.4 is 5.32 Å². The van der Waals surface area contributed by atoms with E-state index in [0.29, 0.717) is 6.04 Å². The van der Waals surface area contributed by atoms with Crippen molar-refractivity contribution in [3.8, 4) is 0 Å². The van der Waals surface area contributed by atoms with Crippen molar-refractivity contribution >= 4 is 0 Å². The molecule has 0 radical (unpaired) electrons. The average molecular weight is 263 g/mol. The molecule has 1 heterocycles. The predicted molar refractivity (Wildman–Crippen MR) is 77.4 cm³/mol. The second-order valence-electron chi connectivity index (χ2n) is 5.16. The molecule has 19 heavy (non-hydrogen) atoms. The van der Waals surface area contributed by atoms with E-state index in [9.17, 15) is 0 Å². The highest BCUT2D eigenvalue weighted by Crippen LogP contribution is 2.31. The van der Waals surface area contributed by atoms with Crippen LogP contribution in [0.25, 0.3) is 0 Å². The Morgan fingerprint density at radius 2 is 2.26 bits per heavy atom. The fourth-order valence-electron chi connectivity index (χ4n) is 2.78. The maximum atomic E-state index is 5.97. The highest BCUT2D eigenvalue weighted by atomic mass is 16.5. The van der Waals surface area contributed by atoms with Crippen LogP contribution in [-0.2, 0) is 15.9 Å². The van der Waals surface area contributed by atoms with Crippen molar-refractivity contribution in [1.82, 2.24) is 5.32 Å². The first-order chi connectivity index (χ1) is 9.35. The summed E-state index contributed by atoms with van der Waals surface area (Å²) in [5.74, 6) is 0. The molecule has 1 aromatic carbocycles. The van der Waals surface area contributed by atoms with E-state index < -0.39 is 0 Å². The summed E-state index contributed by atoms with van der Waals surface area (Å²) in [5.41, 5.74) is 2.83. The summed E-state index contributed by atoms with van der Waals surface area (Å²) in [6.07, 6.45) is 4.55. The van der Waals surface area contributed by atoms with Crippen molar-refractivity contribution in [2.24, 2.45) is 0 Å². The number of benzene rings is 1. The molecule has 3 heteroatoms. The molecule has 0 fully saturated rings. The van der Waals surface area contributed by atoms with Gasteiger partial charge in [0, 0.05) is 19.8 Å². The molecule has 2 rings (SSSR count). The minimum absolute atomic E-state index is 0.241. The second kappa shape index (κ2) is 7.63. The summed E-state index contributed by atoms with van der Waals surface area (Å²) < 4.78 is 11.1. The SMILES string of the molecule is CNC(CCCOC)CC1OCCc2ccccc21. The fraction of sp³-hybridized carbons (Fsp3) is 0.625. The van der Waals surface area contributed by atoms with Gasteiger partial charge in [-0.05, 0) is 43.9 Å². The van der Waals surface area contributed by atoms with Gasteiger partial charge in [-0.25, -0.2) is 0 Å². The highest BCUT2D eigenvalue weighted by molar-refractivity contribution is 5.31. The number of hydrogen-bond acceptors (Lipinski definition) is 3. The van der Waals surface area contributed by atoms with E-state index in [1.54, 1.807) is 7.11 Å². The van der Waals surface area contributed by atoms with E-state index in [1.807, 2.05) is 7.05 Å². The van der Waals surface area contributed by atoms with Gasteiger partial charge in [0.2, 0.25) is 0 Å². The Morgan fingerprint density at radius 1 is 1.42 bits per heavy atom. The molecule has 0 bridgehead atoms. The third kappa shape index (κ3) is 4.03. The van der Waals surface area contributed by atoms with E-state index in [4.69, 9.17) is 9.47 Å². The Hall–Kier alpha value is -0.900. The highest BCUT2D eigenvalue weighted by Gasteiger charge is 2.23. The maximum absolute atomic E-state index is 5.97. The summed E-state index contributed by atoms with van der Waals surface area (Å²) in [4.78, 5) is 0. The molecule has 1 aromatic rings. The Labute approximate surface area is 116 Å². The molecule has 0 aromatic heterocycles. The van der Waals surface area contributed by atoms with E-state index in [0.717, 1.165) is 38.9 Å². The van der Waals surface area contributed by atoms with E-state index in [2.05, 4.69) is 29.6 Å². The smallest absolute Gasteiger partial charge is 0.0842 e. The number of hydrogen-bond donors (Lipinski definition) is 1. The van der Waals surface area contributed by atoms with Gasteiger partial charge in [-0.3, -0.25) is 0 Å². The van der Waals surface area contributed by atoms with Crippen molar-refractivity contribution in [2.75, 3.05) is 27.4 Å². The van der Waals surface area contributed by atoms with Crippen molar-refractivity contribution in [3.63, 3.8) is 0 Å². The number of fused-ring (bicyclic) bond motifs is 1. The van der Waals surface area contributed by atoms with Gasteiger partial charge in [-0.15, -0.1) is 0 Å².